The summed E-state index contributed by atoms with van der Waals surface area (Å²) in [5.74, 6) is 3.73. The third-order valence-corrected chi connectivity index (χ3v) is 7.01. The molecule has 2 aromatic rings. The van der Waals surface area contributed by atoms with Gasteiger partial charge in [0.1, 0.15) is 11.5 Å². The summed E-state index contributed by atoms with van der Waals surface area (Å²) in [6, 6.07) is 15.9. The van der Waals surface area contributed by atoms with Crippen LogP contribution in [0.5, 0.6) is 11.5 Å². The lowest BCUT2D eigenvalue weighted by atomic mass is 9.42. The lowest BCUT2D eigenvalue weighted by Crippen LogP contribution is -2.53. The maximum atomic E-state index is 9.72. The van der Waals surface area contributed by atoms with Gasteiger partial charge in [0.25, 0.3) is 0 Å². The summed E-state index contributed by atoms with van der Waals surface area (Å²) in [5.41, 5.74) is 2.99. The summed E-state index contributed by atoms with van der Waals surface area (Å²) >= 11 is 0. The van der Waals surface area contributed by atoms with Crippen molar-refractivity contribution in [2.24, 2.45) is 17.8 Å². The van der Waals surface area contributed by atoms with Gasteiger partial charge in [-0.3, -0.25) is 0 Å². The first-order valence-electron chi connectivity index (χ1n) is 9.22. The minimum atomic E-state index is 0.208. The van der Waals surface area contributed by atoms with Crippen molar-refractivity contribution in [2.45, 2.75) is 43.4 Å². The first kappa shape index (κ1) is 14.4. The van der Waals surface area contributed by atoms with Crippen molar-refractivity contribution in [2.75, 3.05) is 0 Å². The van der Waals surface area contributed by atoms with Crippen molar-refractivity contribution in [1.29, 1.82) is 0 Å². The molecule has 2 aromatic carbocycles. The van der Waals surface area contributed by atoms with E-state index in [0.717, 1.165) is 17.8 Å². The molecule has 0 aromatic heterocycles. The number of phenols is 2. The minimum Gasteiger partial charge on any atom is -0.508 e. The van der Waals surface area contributed by atoms with Crippen molar-refractivity contribution in [3.63, 3.8) is 0 Å². The average molecular weight is 320 g/mol. The highest BCUT2D eigenvalue weighted by Crippen LogP contribution is 2.66. The van der Waals surface area contributed by atoms with E-state index in [9.17, 15) is 10.2 Å². The van der Waals surface area contributed by atoms with Gasteiger partial charge in [-0.1, -0.05) is 24.3 Å². The molecule has 4 fully saturated rings. The zero-order chi connectivity index (χ0) is 16.3. The third kappa shape index (κ3) is 2.02. The van der Waals surface area contributed by atoms with Crippen molar-refractivity contribution in [3.8, 4) is 11.5 Å². The number of rotatable bonds is 2. The van der Waals surface area contributed by atoms with Gasteiger partial charge in [0.15, 0.2) is 0 Å². The molecular weight excluding hydrogens is 296 g/mol. The molecule has 2 nitrogen and oxygen atoms in total. The molecule has 0 saturated heterocycles. The first-order valence-corrected chi connectivity index (χ1v) is 9.22. The molecule has 0 amide bonds. The highest BCUT2D eigenvalue weighted by atomic mass is 16.3. The third-order valence-electron chi connectivity index (χ3n) is 7.01. The van der Waals surface area contributed by atoms with Crippen LogP contribution in [0.1, 0.15) is 49.1 Å². The molecule has 2 heteroatoms. The van der Waals surface area contributed by atoms with E-state index in [2.05, 4.69) is 24.3 Å². The molecule has 0 heterocycles. The van der Waals surface area contributed by atoms with E-state index >= 15 is 0 Å². The smallest absolute Gasteiger partial charge is 0.115 e. The Balaban J connectivity index is 1.65. The zero-order valence-electron chi connectivity index (χ0n) is 13.9. The van der Waals surface area contributed by atoms with Gasteiger partial charge in [-0.2, -0.15) is 0 Å². The molecule has 0 radical (unpaired) electrons. The second-order valence-corrected chi connectivity index (χ2v) is 8.38. The van der Waals surface area contributed by atoms with E-state index in [1.165, 1.54) is 43.2 Å². The molecule has 6 rings (SSSR count). The number of phenolic OH excluding ortho intramolecular Hbond substituents is 2. The van der Waals surface area contributed by atoms with Crippen LogP contribution in [0, 0.1) is 17.8 Å². The Hall–Kier alpha value is -1.96. The van der Waals surface area contributed by atoms with Crippen molar-refractivity contribution in [3.05, 3.63) is 59.7 Å². The van der Waals surface area contributed by atoms with E-state index in [-0.39, 0.29) is 5.41 Å². The normalized spacial score (nSPS) is 36.8. The summed E-state index contributed by atoms with van der Waals surface area (Å²) in [5, 5.41) is 19.4. The molecule has 3 unspecified atom stereocenters. The van der Waals surface area contributed by atoms with Crippen molar-refractivity contribution >= 4 is 0 Å². The lowest BCUT2D eigenvalue weighted by molar-refractivity contribution is -0.0280. The van der Waals surface area contributed by atoms with Gasteiger partial charge in [-0.25, -0.2) is 0 Å². The molecule has 0 aliphatic heterocycles. The van der Waals surface area contributed by atoms with Crippen LogP contribution in [0.4, 0.5) is 0 Å². The largest absolute Gasteiger partial charge is 0.508 e. The maximum absolute atomic E-state index is 9.72. The van der Waals surface area contributed by atoms with Gasteiger partial charge in [-0.05, 0) is 91.2 Å². The molecule has 0 spiro atoms. The highest BCUT2D eigenvalue weighted by molar-refractivity contribution is 5.41. The van der Waals surface area contributed by atoms with Crippen LogP contribution in [0.25, 0.3) is 0 Å². The molecular formula is C22H24O2. The van der Waals surface area contributed by atoms with E-state index in [1.807, 2.05) is 24.3 Å². The molecule has 4 saturated carbocycles. The van der Waals surface area contributed by atoms with E-state index in [1.54, 1.807) is 0 Å². The molecule has 4 aliphatic rings. The second kappa shape index (κ2) is 5.02. The number of hydrogen-bond donors (Lipinski definition) is 2. The zero-order valence-corrected chi connectivity index (χ0v) is 13.9. The van der Waals surface area contributed by atoms with Crippen LogP contribution in [0.3, 0.4) is 0 Å². The van der Waals surface area contributed by atoms with E-state index in [0.29, 0.717) is 17.4 Å². The molecule has 4 bridgehead atoms. The summed E-state index contributed by atoms with van der Waals surface area (Å²) in [6.07, 6.45) is 6.69. The SMILES string of the molecule is Oc1ccc(C2C3CC4CC(C3)CC2(c2ccc(O)cc2)C4)cc1. The number of aromatic hydroxyl groups is 2. The lowest BCUT2D eigenvalue weighted by Gasteiger charge is -2.62. The van der Waals surface area contributed by atoms with Gasteiger partial charge in [0.05, 0.1) is 0 Å². The van der Waals surface area contributed by atoms with Gasteiger partial charge in [0, 0.05) is 5.41 Å². The topological polar surface area (TPSA) is 40.5 Å². The molecule has 2 N–H and O–H groups in total. The van der Waals surface area contributed by atoms with E-state index in [4.69, 9.17) is 0 Å². The van der Waals surface area contributed by atoms with Crippen LogP contribution >= 0.6 is 0 Å². The molecule has 3 atom stereocenters. The van der Waals surface area contributed by atoms with Crippen LogP contribution < -0.4 is 0 Å². The van der Waals surface area contributed by atoms with Gasteiger partial charge in [0.2, 0.25) is 0 Å². The second-order valence-electron chi connectivity index (χ2n) is 8.38. The van der Waals surface area contributed by atoms with Crippen LogP contribution in [-0.4, -0.2) is 10.2 Å². The standard InChI is InChI=1S/C22H24O2/c23-19-5-1-16(2-6-19)21-17-10-14-9-15(11-17)13-22(21,12-14)18-3-7-20(24)8-4-18/h1-8,14-15,17,21,23-24H,9-13H2. The maximum Gasteiger partial charge on any atom is 0.115 e. The fourth-order valence-electron chi connectivity index (χ4n) is 6.52. The Morgan fingerprint density at radius 3 is 1.83 bits per heavy atom. The monoisotopic (exact) mass is 320 g/mol. The average Bonchev–Trinajstić information content (AvgIpc) is 2.56. The molecule has 4 aliphatic carbocycles. The Morgan fingerprint density at radius 1 is 0.708 bits per heavy atom. The Labute approximate surface area is 143 Å². The van der Waals surface area contributed by atoms with Crippen LogP contribution in [-0.2, 0) is 5.41 Å². The Kier molecular flexibility index (Phi) is 3.01. The fourth-order valence-corrected chi connectivity index (χ4v) is 6.52. The van der Waals surface area contributed by atoms with E-state index < -0.39 is 0 Å². The van der Waals surface area contributed by atoms with Crippen LogP contribution in [0.15, 0.2) is 48.5 Å². The summed E-state index contributed by atoms with van der Waals surface area (Å²) in [6.45, 7) is 0. The summed E-state index contributed by atoms with van der Waals surface area (Å²) < 4.78 is 0. The van der Waals surface area contributed by atoms with Gasteiger partial charge < -0.3 is 10.2 Å². The summed E-state index contributed by atoms with van der Waals surface area (Å²) in [4.78, 5) is 0. The van der Waals surface area contributed by atoms with Gasteiger partial charge >= 0.3 is 0 Å². The Bertz CT molecular complexity index is 733. The number of hydrogen-bond acceptors (Lipinski definition) is 2. The van der Waals surface area contributed by atoms with Crippen molar-refractivity contribution in [1.82, 2.24) is 0 Å². The minimum absolute atomic E-state index is 0.208. The number of benzene rings is 2. The predicted molar refractivity (Wildman–Crippen MR) is 94.2 cm³/mol. The molecule has 24 heavy (non-hydrogen) atoms. The highest BCUT2D eigenvalue weighted by Gasteiger charge is 2.57. The Morgan fingerprint density at radius 2 is 1.25 bits per heavy atom. The molecule has 124 valence electrons. The quantitative estimate of drug-likeness (QED) is 0.821. The predicted octanol–water partition coefficient (Wildman–Crippen LogP) is 4.96. The fraction of sp³-hybridized carbons (Fsp3) is 0.455. The van der Waals surface area contributed by atoms with Crippen molar-refractivity contribution < 1.29 is 10.2 Å². The summed E-state index contributed by atoms with van der Waals surface area (Å²) in [7, 11) is 0. The van der Waals surface area contributed by atoms with Crippen LogP contribution in [0.2, 0.25) is 0 Å². The van der Waals surface area contributed by atoms with Gasteiger partial charge in [-0.15, -0.1) is 0 Å². The first-order chi connectivity index (χ1) is 11.6.